The molecule has 0 amide bonds. The van der Waals surface area contributed by atoms with Crippen LogP contribution in [0.1, 0.15) is 18.1 Å². The minimum atomic E-state index is -1.39. The van der Waals surface area contributed by atoms with Crippen LogP contribution < -0.4 is 5.32 Å². The lowest BCUT2D eigenvalue weighted by Gasteiger charge is -2.28. The summed E-state index contributed by atoms with van der Waals surface area (Å²) >= 11 is 0. The van der Waals surface area contributed by atoms with Crippen molar-refractivity contribution >= 4 is 11.7 Å². The average molecular weight is 273 g/mol. The molecule has 0 aliphatic carbocycles. The van der Waals surface area contributed by atoms with Crippen LogP contribution in [-0.2, 0) is 10.3 Å². The summed E-state index contributed by atoms with van der Waals surface area (Å²) in [7, 11) is 0. The Kier molecular flexibility index (Phi) is 3.74. The summed E-state index contributed by atoms with van der Waals surface area (Å²) in [5, 5.41) is 12.5. The minimum Gasteiger partial charge on any atom is -0.479 e. The molecule has 20 heavy (non-hydrogen) atoms. The van der Waals surface area contributed by atoms with E-state index in [1.807, 2.05) is 19.1 Å². The third-order valence-electron chi connectivity index (χ3n) is 3.28. The Hall–Kier alpha value is -2.36. The monoisotopic (exact) mass is 273 g/mol. The third-order valence-corrected chi connectivity index (χ3v) is 3.28. The quantitative estimate of drug-likeness (QED) is 0.895. The zero-order chi connectivity index (χ0) is 14.8. The zero-order valence-electron chi connectivity index (χ0n) is 11.4. The lowest BCUT2D eigenvalue weighted by Crippen LogP contribution is -2.40. The molecule has 0 radical (unpaired) electrons. The average Bonchev–Trinajstić information content (AvgIpc) is 2.41. The maximum absolute atomic E-state index is 13.3. The highest BCUT2D eigenvalue weighted by atomic mass is 19.1. The number of carbonyl (C=O) groups is 1. The molecule has 3 nitrogen and oxygen atoms in total. The molecular weight excluding hydrogens is 257 g/mol. The maximum atomic E-state index is 13.3. The van der Waals surface area contributed by atoms with Crippen LogP contribution in [0.2, 0.25) is 0 Å². The van der Waals surface area contributed by atoms with E-state index in [1.165, 1.54) is 25.1 Å². The lowest BCUT2D eigenvalue weighted by atomic mass is 9.91. The second-order valence-electron chi connectivity index (χ2n) is 4.93. The normalized spacial score (nSPS) is 13.6. The van der Waals surface area contributed by atoms with Gasteiger partial charge in [-0.15, -0.1) is 0 Å². The molecule has 2 aromatic rings. The summed E-state index contributed by atoms with van der Waals surface area (Å²) in [6, 6.07) is 13.0. The predicted octanol–water partition coefficient (Wildman–Crippen LogP) is 3.55. The van der Waals surface area contributed by atoms with E-state index in [1.54, 1.807) is 18.2 Å². The van der Waals surface area contributed by atoms with Crippen LogP contribution in [0.4, 0.5) is 10.1 Å². The predicted molar refractivity (Wildman–Crippen MR) is 76.2 cm³/mol. The number of benzene rings is 2. The molecule has 0 spiro atoms. The van der Waals surface area contributed by atoms with E-state index >= 15 is 0 Å². The zero-order valence-corrected chi connectivity index (χ0v) is 11.4. The van der Waals surface area contributed by atoms with Gasteiger partial charge in [-0.3, -0.25) is 0 Å². The van der Waals surface area contributed by atoms with Gasteiger partial charge in [0.25, 0.3) is 0 Å². The van der Waals surface area contributed by atoms with E-state index in [0.29, 0.717) is 11.3 Å². The number of aliphatic carboxylic acids is 1. The highest BCUT2D eigenvalue weighted by molar-refractivity contribution is 5.84. The largest absolute Gasteiger partial charge is 0.479 e. The van der Waals surface area contributed by atoms with Crippen molar-refractivity contribution in [1.82, 2.24) is 0 Å². The Balaban J connectivity index is 2.39. The van der Waals surface area contributed by atoms with Gasteiger partial charge in [0.2, 0.25) is 0 Å². The van der Waals surface area contributed by atoms with Crippen molar-refractivity contribution in [2.75, 3.05) is 5.32 Å². The summed E-state index contributed by atoms with van der Waals surface area (Å²) in [5.41, 5.74) is 0.728. The molecule has 0 saturated heterocycles. The number of hydrogen-bond donors (Lipinski definition) is 2. The van der Waals surface area contributed by atoms with Crippen molar-refractivity contribution in [3.63, 3.8) is 0 Å². The van der Waals surface area contributed by atoms with Crippen molar-refractivity contribution in [2.24, 2.45) is 0 Å². The minimum absolute atomic E-state index is 0.366. The van der Waals surface area contributed by atoms with Crippen molar-refractivity contribution in [3.05, 3.63) is 65.5 Å². The van der Waals surface area contributed by atoms with Crippen LogP contribution in [0, 0.1) is 12.7 Å². The molecule has 0 fully saturated rings. The molecule has 0 aliphatic rings. The standard InChI is InChI=1S/C16H16FNO2/c1-11-6-8-14(9-7-11)18-16(2,15(19)20)12-4-3-5-13(17)10-12/h3-10,18H,1-2H3,(H,19,20). The second-order valence-corrected chi connectivity index (χ2v) is 4.93. The van der Waals surface area contributed by atoms with Gasteiger partial charge in [0.1, 0.15) is 5.82 Å². The number of rotatable bonds is 4. The first kappa shape index (κ1) is 14.1. The van der Waals surface area contributed by atoms with Crippen LogP contribution in [0.3, 0.4) is 0 Å². The summed E-state index contributed by atoms with van der Waals surface area (Å²) < 4.78 is 13.3. The van der Waals surface area contributed by atoms with Gasteiger partial charge >= 0.3 is 5.97 Å². The molecule has 2 N–H and O–H groups in total. The molecular formula is C16H16FNO2. The summed E-state index contributed by atoms with van der Waals surface area (Å²) in [6.07, 6.45) is 0. The van der Waals surface area contributed by atoms with Crippen LogP contribution in [0.15, 0.2) is 48.5 Å². The van der Waals surface area contributed by atoms with Gasteiger partial charge in [-0.25, -0.2) is 9.18 Å². The summed E-state index contributed by atoms with van der Waals surface area (Å²) in [4.78, 5) is 11.6. The lowest BCUT2D eigenvalue weighted by molar-refractivity contribution is -0.142. The van der Waals surface area contributed by atoms with E-state index in [2.05, 4.69) is 5.32 Å². The first-order chi connectivity index (χ1) is 9.41. The van der Waals surface area contributed by atoms with E-state index in [4.69, 9.17) is 0 Å². The Morgan fingerprint density at radius 2 is 1.85 bits per heavy atom. The van der Waals surface area contributed by atoms with Gasteiger partial charge < -0.3 is 10.4 Å². The first-order valence-electron chi connectivity index (χ1n) is 6.26. The van der Waals surface area contributed by atoms with Crippen LogP contribution in [-0.4, -0.2) is 11.1 Å². The number of carboxylic acids is 1. The van der Waals surface area contributed by atoms with Gasteiger partial charge in [0.05, 0.1) is 0 Å². The molecule has 4 heteroatoms. The van der Waals surface area contributed by atoms with Crippen molar-refractivity contribution in [1.29, 1.82) is 0 Å². The van der Waals surface area contributed by atoms with E-state index in [9.17, 15) is 14.3 Å². The maximum Gasteiger partial charge on any atom is 0.333 e. The van der Waals surface area contributed by atoms with Gasteiger partial charge in [-0.05, 0) is 43.7 Å². The molecule has 0 heterocycles. The molecule has 2 rings (SSSR count). The Morgan fingerprint density at radius 3 is 2.40 bits per heavy atom. The van der Waals surface area contributed by atoms with Gasteiger partial charge in [0.15, 0.2) is 5.54 Å². The Bertz CT molecular complexity index is 625. The van der Waals surface area contributed by atoms with Crippen molar-refractivity contribution < 1.29 is 14.3 Å². The van der Waals surface area contributed by atoms with Crippen LogP contribution in [0.5, 0.6) is 0 Å². The number of nitrogens with one attached hydrogen (secondary N) is 1. The van der Waals surface area contributed by atoms with E-state index in [-0.39, 0.29) is 0 Å². The highest BCUT2D eigenvalue weighted by Crippen LogP contribution is 2.27. The van der Waals surface area contributed by atoms with E-state index < -0.39 is 17.3 Å². The van der Waals surface area contributed by atoms with Gasteiger partial charge in [-0.1, -0.05) is 29.8 Å². The van der Waals surface area contributed by atoms with E-state index in [0.717, 1.165) is 5.56 Å². The summed E-state index contributed by atoms with van der Waals surface area (Å²) in [6.45, 7) is 3.47. The number of hydrogen-bond acceptors (Lipinski definition) is 2. The van der Waals surface area contributed by atoms with Crippen LogP contribution in [0.25, 0.3) is 0 Å². The molecule has 0 saturated carbocycles. The number of aryl methyl sites for hydroxylation is 1. The van der Waals surface area contributed by atoms with Crippen molar-refractivity contribution in [2.45, 2.75) is 19.4 Å². The SMILES string of the molecule is Cc1ccc(NC(C)(C(=O)O)c2cccc(F)c2)cc1. The first-order valence-corrected chi connectivity index (χ1v) is 6.26. The smallest absolute Gasteiger partial charge is 0.333 e. The molecule has 1 unspecified atom stereocenters. The molecule has 0 bridgehead atoms. The fraction of sp³-hybridized carbons (Fsp3) is 0.188. The second kappa shape index (κ2) is 5.33. The molecule has 2 aromatic carbocycles. The van der Waals surface area contributed by atoms with Crippen molar-refractivity contribution in [3.8, 4) is 0 Å². The summed E-state index contributed by atoms with van der Waals surface area (Å²) in [5.74, 6) is -1.52. The van der Waals surface area contributed by atoms with Gasteiger partial charge in [0, 0.05) is 5.69 Å². The Morgan fingerprint density at radius 1 is 1.20 bits per heavy atom. The third kappa shape index (κ3) is 2.79. The number of carboxylic acid groups (broad SMARTS) is 1. The number of anilines is 1. The molecule has 0 aliphatic heterocycles. The van der Waals surface area contributed by atoms with Crippen LogP contribution >= 0.6 is 0 Å². The number of halogens is 1. The topological polar surface area (TPSA) is 49.3 Å². The fourth-order valence-electron chi connectivity index (χ4n) is 1.97. The Labute approximate surface area is 117 Å². The highest BCUT2D eigenvalue weighted by Gasteiger charge is 2.35. The molecule has 0 aromatic heterocycles. The fourth-order valence-corrected chi connectivity index (χ4v) is 1.97. The molecule has 1 atom stereocenters. The molecule has 104 valence electrons. The van der Waals surface area contributed by atoms with Gasteiger partial charge in [-0.2, -0.15) is 0 Å².